The van der Waals surface area contributed by atoms with E-state index in [4.69, 9.17) is 11.0 Å². The molecule has 0 fully saturated rings. The van der Waals surface area contributed by atoms with E-state index in [9.17, 15) is 0 Å². The quantitative estimate of drug-likeness (QED) is 0.828. The number of nitrogens with two attached hydrogens (primary N) is 1. The molecule has 0 spiro atoms. The molecule has 0 aliphatic heterocycles. The predicted octanol–water partition coefficient (Wildman–Crippen LogP) is 1.36. The average molecular weight is 218 g/mol. The first kappa shape index (κ1) is 12.5. The van der Waals surface area contributed by atoms with Crippen LogP contribution in [0.3, 0.4) is 0 Å². The van der Waals surface area contributed by atoms with Gasteiger partial charge in [-0.05, 0) is 38.4 Å². The average Bonchev–Trinajstić information content (AvgIpc) is 2.24. The maximum absolute atomic E-state index is 9.12. The van der Waals surface area contributed by atoms with E-state index in [-0.39, 0.29) is 0 Å². The first-order chi connectivity index (χ1) is 7.60. The highest BCUT2D eigenvalue weighted by atomic mass is 15.2. The van der Waals surface area contributed by atoms with Gasteiger partial charge in [-0.15, -0.1) is 0 Å². The number of aromatic nitrogens is 1. The van der Waals surface area contributed by atoms with Gasteiger partial charge >= 0.3 is 0 Å². The van der Waals surface area contributed by atoms with Crippen LogP contribution < -0.4 is 10.6 Å². The molecule has 0 saturated carbocycles. The third kappa shape index (κ3) is 2.71. The van der Waals surface area contributed by atoms with Crippen molar-refractivity contribution in [2.75, 3.05) is 25.0 Å². The van der Waals surface area contributed by atoms with Gasteiger partial charge in [-0.1, -0.05) is 0 Å². The highest BCUT2D eigenvalue weighted by Crippen LogP contribution is 2.20. The summed E-state index contributed by atoms with van der Waals surface area (Å²) in [5.41, 5.74) is 8.04. The number of pyridine rings is 1. The van der Waals surface area contributed by atoms with Gasteiger partial charge in [0.2, 0.25) is 0 Å². The van der Waals surface area contributed by atoms with E-state index in [0.717, 1.165) is 30.0 Å². The van der Waals surface area contributed by atoms with Crippen LogP contribution in [0.4, 0.5) is 5.82 Å². The molecule has 0 aromatic carbocycles. The zero-order chi connectivity index (χ0) is 12.1. The van der Waals surface area contributed by atoms with Gasteiger partial charge < -0.3 is 10.6 Å². The van der Waals surface area contributed by atoms with E-state index >= 15 is 0 Å². The molecule has 0 aliphatic rings. The van der Waals surface area contributed by atoms with Crippen LogP contribution in [0.5, 0.6) is 0 Å². The van der Waals surface area contributed by atoms with E-state index in [1.54, 1.807) is 0 Å². The van der Waals surface area contributed by atoms with E-state index in [1.165, 1.54) is 0 Å². The summed E-state index contributed by atoms with van der Waals surface area (Å²) < 4.78 is 0. The Morgan fingerprint density at radius 3 is 2.75 bits per heavy atom. The standard InChI is InChI=1S/C12H18N4/c1-9-7-10(2)15-12(11(9)8-14)16(3)6-4-5-13/h7H,4-6,13H2,1-3H3. The lowest BCUT2D eigenvalue weighted by Crippen LogP contribution is -2.23. The molecule has 4 heteroatoms. The summed E-state index contributed by atoms with van der Waals surface area (Å²) >= 11 is 0. The zero-order valence-corrected chi connectivity index (χ0v) is 10.1. The molecule has 0 atom stereocenters. The Balaban J connectivity index is 3.07. The van der Waals surface area contributed by atoms with Gasteiger partial charge in [0.15, 0.2) is 0 Å². The normalized spacial score (nSPS) is 9.94. The summed E-state index contributed by atoms with van der Waals surface area (Å²) in [6, 6.07) is 4.14. The third-order valence-corrected chi connectivity index (χ3v) is 2.50. The van der Waals surface area contributed by atoms with Gasteiger partial charge in [0.05, 0.1) is 5.56 Å². The molecular weight excluding hydrogens is 200 g/mol. The molecule has 0 amide bonds. The number of aryl methyl sites for hydroxylation is 2. The van der Waals surface area contributed by atoms with Crippen molar-refractivity contribution in [2.45, 2.75) is 20.3 Å². The van der Waals surface area contributed by atoms with Crippen LogP contribution in [-0.2, 0) is 0 Å². The lowest BCUT2D eigenvalue weighted by Gasteiger charge is -2.20. The summed E-state index contributed by atoms with van der Waals surface area (Å²) in [5, 5.41) is 9.12. The Labute approximate surface area is 96.7 Å². The molecule has 2 N–H and O–H groups in total. The summed E-state index contributed by atoms with van der Waals surface area (Å²) in [6.45, 7) is 5.35. The highest BCUT2D eigenvalue weighted by Gasteiger charge is 2.11. The van der Waals surface area contributed by atoms with Crippen LogP contribution in [0.1, 0.15) is 23.2 Å². The molecule has 1 rings (SSSR count). The first-order valence-corrected chi connectivity index (χ1v) is 5.39. The van der Waals surface area contributed by atoms with Crippen molar-refractivity contribution < 1.29 is 0 Å². The number of nitrogens with zero attached hydrogens (tertiary/aromatic N) is 3. The van der Waals surface area contributed by atoms with Crippen LogP contribution in [-0.4, -0.2) is 25.1 Å². The fourth-order valence-corrected chi connectivity index (χ4v) is 1.67. The van der Waals surface area contributed by atoms with Crippen molar-refractivity contribution in [2.24, 2.45) is 5.73 Å². The fraction of sp³-hybridized carbons (Fsp3) is 0.500. The van der Waals surface area contributed by atoms with E-state index < -0.39 is 0 Å². The molecule has 1 heterocycles. The van der Waals surface area contributed by atoms with E-state index in [1.807, 2.05) is 31.9 Å². The molecule has 0 aliphatic carbocycles. The van der Waals surface area contributed by atoms with Gasteiger partial charge in [-0.25, -0.2) is 4.98 Å². The Hall–Kier alpha value is -1.60. The minimum absolute atomic E-state index is 0.650. The molecule has 16 heavy (non-hydrogen) atoms. The van der Waals surface area contributed by atoms with Gasteiger partial charge in [0.1, 0.15) is 11.9 Å². The summed E-state index contributed by atoms with van der Waals surface area (Å²) in [6.07, 6.45) is 0.899. The van der Waals surface area contributed by atoms with Gasteiger partial charge in [0, 0.05) is 19.3 Å². The largest absolute Gasteiger partial charge is 0.359 e. The van der Waals surface area contributed by atoms with Gasteiger partial charge in [-0.3, -0.25) is 0 Å². The minimum Gasteiger partial charge on any atom is -0.359 e. The third-order valence-electron chi connectivity index (χ3n) is 2.50. The molecule has 86 valence electrons. The van der Waals surface area contributed by atoms with Crippen molar-refractivity contribution in [1.82, 2.24) is 4.98 Å². The molecule has 0 bridgehead atoms. The maximum Gasteiger partial charge on any atom is 0.146 e. The van der Waals surface area contributed by atoms with Crippen molar-refractivity contribution in [3.63, 3.8) is 0 Å². The summed E-state index contributed by atoms with van der Waals surface area (Å²) in [5.74, 6) is 0.758. The van der Waals surface area contributed by atoms with Gasteiger partial charge in [-0.2, -0.15) is 5.26 Å². The Morgan fingerprint density at radius 2 is 2.19 bits per heavy atom. The van der Waals surface area contributed by atoms with Crippen molar-refractivity contribution >= 4 is 5.82 Å². The second-order valence-corrected chi connectivity index (χ2v) is 3.95. The smallest absolute Gasteiger partial charge is 0.146 e. The summed E-state index contributed by atoms with van der Waals surface area (Å²) in [7, 11) is 1.94. The Bertz CT molecular complexity index is 406. The number of hydrogen-bond acceptors (Lipinski definition) is 4. The molecule has 1 aromatic heterocycles. The van der Waals surface area contributed by atoms with Crippen molar-refractivity contribution in [1.29, 1.82) is 5.26 Å². The van der Waals surface area contributed by atoms with Crippen LogP contribution in [0.25, 0.3) is 0 Å². The number of hydrogen-bond donors (Lipinski definition) is 1. The monoisotopic (exact) mass is 218 g/mol. The van der Waals surface area contributed by atoms with Gasteiger partial charge in [0.25, 0.3) is 0 Å². The lowest BCUT2D eigenvalue weighted by molar-refractivity contribution is 0.783. The second kappa shape index (κ2) is 5.47. The topological polar surface area (TPSA) is 65.9 Å². The van der Waals surface area contributed by atoms with E-state index in [2.05, 4.69) is 11.1 Å². The molecule has 4 nitrogen and oxygen atoms in total. The number of anilines is 1. The molecule has 0 saturated heterocycles. The van der Waals surface area contributed by atoms with E-state index in [0.29, 0.717) is 12.1 Å². The SMILES string of the molecule is Cc1cc(C)c(C#N)c(N(C)CCCN)n1. The highest BCUT2D eigenvalue weighted by molar-refractivity contribution is 5.57. The van der Waals surface area contributed by atoms with Crippen molar-refractivity contribution in [3.05, 3.63) is 22.9 Å². The van der Waals surface area contributed by atoms with Crippen LogP contribution in [0, 0.1) is 25.2 Å². The van der Waals surface area contributed by atoms with Crippen molar-refractivity contribution in [3.8, 4) is 6.07 Å². The zero-order valence-electron chi connectivity index (χ0n) is 10.1. The van der Waals surface area contributed by atoms with Crippen LogP contribution in [0.15, 0.2) is 6.07 Å². The Kier molecular flexibility index (Phi) is 4.27. The molecule has 1 aromatic rings. The van der Waals surface area contributed by atoms with Crippen LogP contribution >= 0.6 is 0 Å². The molecular formula is C12H18N4. The molecule has 0 radical (unpaired) electrons. The maximum atomic E-state index is 9.12. The lowest BCUT2D eigenvalue weighted by atomic mass is 10.1. The minimum atomic E-state index is 0.650. The summed E-state index contributed by atoms with van der Waals surface area (Å²) in [4.78, 5) is 6.41. The van der Waals surface area contributed by atoms with Crippen LogP contribution in [0.2, 0.25) is 0 Å². The Morgan fingerprint density at radius 1 is 1.50 bits per heavy atom. The number of nitriles is 1. The molecule has 0 unspecified atom stereocenters. The first-order valence-electron chi connectivity index (χ1n) is 5.39. The number of rotatable bonds is 4. The fourth-order valence-electron chi connectivity index (χ4n) is 1.67. The predicted molar refractivity (Wildman–Crippen MR) is 65.4 cm³/mol. The second-order valence-electron chi connectivity index (χ2n) is 3.95.